The number of hydrogen-bond donors (Lipinski definition) is 1. The summed E-state index contributed by atoms with van der Waals surface area (Å²) in [4.78, 5) is 14.5. The maximum Gasteiger partial charge on any atom is 0.255 e. The Morgan fingerprint density at radius 2 is 1.90 bits per heavy atom. The zero-order chi connectivity index (χ0) is 14.3. The van der Waals surface area contributed by atoms with Crippen LogP contribution >= 0.6 is 38.5 Å². The zero-order valence-electron chi connectivity index (χ0n) is 10.6. The molecule has 0 bridgehead atoms. The normalized spacial score (nSPS) is 13.4. The number of anilines is 1. The Kier molecular flexibility index (Phi) is 3.72. The molecule has 3 rings (SSSR count). The summed E-state index contributed by atoms with van der Waals surface area (Å²) in [7, 11) is 0. The highest BCUT2D eigenvalue weighted by molar-refractivity contribution is 14.1. The van der Waals surface area contributed by atoms with Gasteiger partial charge in [0.15, 0.2) is 0 Å². The SMILES string of the molecule is Nc1ccc2c(c1)CN(C(=O)c1cc(I)ccc1Br)C2. The fourth-order valence-electron chi connectivity index (χ4n) is 2.39. The minimum Gasteiger partial charge on any atom is -0.399 e. The first-order chi connectivity index (χ1) is 9.54. The number of amides is 1. The molecule has 2 aromatic carbocycles. The molecule has 20 heavy (non-hydrogen) atoms. The van der Waals surface area contributed by atoms with Gasteiger partial charge in [-0.2, -0.15) is 0 Å². The van der Waals surface area contributed by atoms with Crippen molar-refractivity contribution in [3.05, 3.63) is 61.1 Å². The summed E-state index contributed by atoms with van der Waals surface area (Å²) in [5.41, 5.74) is 9.56. The van der Waals surface area contributed by atoms with Crippen LogP contribution in [0.15, 0.2) is 40.9 Å². The Balaban J connectivity index is 1.89. The molecule has 0 radical (unpaired) electrons. The van der Waals surface area contributed by atoms with Crippen molar-refractivity contribution in [2.75, 3.05) is 5.73 Å². The van der Waals surface area contributed by atoms with Gasteiger partial charge in [0.2, 0.25) is 0 Å². The number of fused-ring (bicyclic) bond motifs is 1. The lowest BCUT2D eigenvalue weighted by Crippen LogP contribution is -2.25. The number of rotatable bonds is 1. The second-order valence-electron chi connectivity index (χ2n) is 4.81. The van der Waals surface area contributed by atoms with Gasteiger partial charge in [-0.1, -0.05) is 6.07 Å². The van der Waals surface area contributed by atoms with Crippen LogP contribution in [-0.4, -0.2) is 10.8 Å². The maximum absolute atomic E-state index is 12.6. The molecule has 3 nitrogen and oxygen atoms in total. The number of hydrogen-bond acceptors (Lipinski definition) is 2. The van der Waals surface area contributed by atoms with E-state index < -0.39 is 0 Å². The fraction of sp³-hybridized carbons (Fsp3) is 0.133. The Morgan fingerprint density at radius 1 is 1.15 bits per heavy atom. The first-order valence-corrected chi connectivity index (χ1v) is 8.03. The molecular formula is C15H12BrIN2O. The molecule has 2 aromatic rings. The molecule has 0 aliphatic carbocycles. The van der Waals surface area contributed by atoms with Gasteiger partial charge in [-0.05, 0) is 80.0 Å². The van der Waals surface area contributed by atoms with Crippen molar-refractivity contribution in [3.63, 3.8) is 0 Å². The summed E-state index contributed by atoms with van der Waals surface area (Å²) in [5, 5.41) is 0. The van der Waals surface area contributed by atoms with Crippen LogP contribution in [0.25, 0.3) is 0 Å². The fourth-order valence-corrected chi connectivity index (χ4v) is 3.30. The maximum atomic E-state index is 12.6. The molecule has 1 aliphatic rings. The van der Waals surface area contributed by atoms with Crippen molar-refractivity contribution in [1.82, 2.24) is 4.90 Å². The molecular weight excluding hydrogens is 431 g/mol. The third-order valence-electron chi connectivity index (χ3n) is 3.40. The standard InChI is InChI=1S/C15H12BrIN2O/c16-14-4-2-11(17)6-13(14)15(20)19-7-9-1-3-12(18)5-10(9)8-19/h1-6H,7-8,18H2. The summed E-state index contributed by atoms with van der Waals surface area (Å²) < 4.78 is 1.88. The average molecular weight is 443 g/mol. The van der Waals surface area contributed by atoms with Gasteiger partial charge in [-0.15, -0.1) is 0 Å². The molecule has 1 amide bonds. The van der Waals surface area contributed by atoms with Gasteiger partial charge in [0.25, 0.3) is 5.91 Å². The molecule has 0 fully saturated rings. The Morgan fingerprint density at radius 3 is 2.70 bits per heavy atom. The summed E-state index contributed by atoms with van der Waals surface area (Å²) in [6, 6.07) is 11.6. The number of carbonyl (C=O) groups is 1. The molecule has 1 aliphatic heterocycles. The highest BCUT2D eigenvalue weighted by atomic mass is 127. The number of carbonyl (C=O) groups excluding carboxylic acids is 1. The van der Waals surface area contributed by atoms with E-state index in [2.05, 4.69) is 38.5 Å². The minimum absolute atomic E-state index is 0.0464. The molecule has 1 heterocycles. The Bertz CT molecular complexity index is 702. The largest absolute Gasteiger partial charge is 0.399 e. The van der Waals surface area contributed by atoms with Gasteiger partial charge in [-0.25, -0.2) is 0 Å². The van der Waals surface area contributed by atoms with Gasteiger partial charge in [0.1, 0.15) is 0 Å². The number of nitrogens with two attached hydrogens (primary N) is 1. The number of benzene rings is 2. The number of nitrogens with zero attached hydrogens (tertiary/aromatic N) is 1. The van der Waals surface area contributed by atoms with Crippen molar-refractivity contribution in [3.8, 4) is 0 Å². The second kappa shape index (κ2) is 5.37. The van der Waals surface area contributed by atoms with Crippen LogP contribution in [0.1, 0.15) is 21.5 Å². The zero-order valence-corrected chi connectivity index (χ0v) is 14.3. The quantitative estimate of drug-likeness (QED) is 0.539. The van der Waals surface area contributed by atoms with Crippen LogP contribution in [0.2, 0.25) is 0 Å². The van der Waals surface area contributed by atoms with Crippen molar-refractivity contribution in [1.29, 1.82) is 0 Å². The van der Waals surface area contributed by atoms with E-state index in [1.807, 2.05) is 41.3 Å². The summed E-state index contributed by atoms with van der Waals surface area (Å²) in [6.45, 7) is 1.27. The van der Waals surface area contributed by atoms with Gasteiger partial charge < -0.3 is 10.6 Å². The third kappa shape index (κ3) is 2.56. The van der Waals surface area contributed by atoms with Crippen molar-refractivity contribution in [2.24, 2.45) is 0 Å². The first kappa shape index (κ1) is 13.9. The van der Waals surface area contributed by atoms with Gasteiger partial charge >= 0.3 is 0 Å². The van der Waals surface area contributed by atoms with E-state index in [-0.39, 0.29) is 5.91 Å². The van der Waals surface area contributed by atoms with Gasteiger partial charge in [-0.3, -0.25) is 4.79 Å². The predicted octanol–water partition coefficient (Wildman–Crippen LogP) is 3.79. The molecule has 5 heteroatoms. The van der Waals surface area contributed by atoms with E-state index in [1.165, 1.54) is 5.56 Å². The van der Waals surface area contributed by atoms with Crippen molar-refractivity contribution >= 4 is 50.1 Å². The first-order valence-electron chi connectivity index (χ1n) is 6.16. The molecule has 0 aromatic heterocycles. The molecule has 0 atom stereocenters. The van der Waals surface area contributed by atoms with Crippen LogP contribution < -0.4 is 5.73 Å². The van der Waals surface area contributed by atoms with E-state index in [1.54, 1.807) is 0 Å². The average Bonchev–Trinajstić information content (AvgIpc) is 2.83. The van der Waals surface area contributed by atoms with Gasteiger partial charge in [0.05, 0.1) is 5.56 Å². The lowest BCUT2D eigenvalue weighted by atomic mass is 10.1. The topological polar surface area (TPSA) is 46.3 Å². The van der Waals surface area contributed by atoms with Crippen molar-refractivity contribution in [2.45, 2.75) is 13.1 Å². The van der Waals surface area contributed by atoms with E-state index in [9.17, 15) is 4.79 Å². The summed E-state index contributed by atoms with van der Waals surface area (Å²) >= 11 is 5.67. The summed E-state index contributed by atoms with van der Waals surface area (Å²) in [5.74, 6) is 0.0464. The predicted molar refractivity (Wildman–Crippen MR) is 91.3 cm³/mol. The van der Waals surface area contributed by atoms with E-state index >= 15 is 0 Å². The Hall–Kier alpha value is -1.08. The van der Waals surface area contributed by atoms with Crippen molar-refractivity contribution < 1.29 is 4.79 Å². The molecule has 0 unspecified atom stereocenters. The van der Waals surface area contributed by atoms with Crippen LogP contribution in [0.4, 0.5) is 5.69 Å². The van der Waals surface area contributed by atoms with E-state index in [0.29, 0.717) is 18.7 Å². The van der Waals surface area contributed by atoms with Crippen LogP contribution in [0.5, 0.6) is 0 Å². The number of halogens is 2. The smallest absolute Gasteiger partial charge is 0.255 e. The highest BCUT2D eigenvalue weighted by Crippen LogP contribution is 2.28. The monoisotopic (exact) mass is 442 g/mol. The van der Waals surface area contributed by atoms with Gasteiger partial charge in [0, 0.05) is 26.8 Å². The Labute approximate surface area is 139 Å². The summed E-state index contributed by atoms with van der Waals surface area (Å²) in [6.07, 6.45) is 0. The molecule has 0 saturated carbocycles. The molecule has 0 saturated heterocycles. The van der Waals surface area contributed by atoms with Crippen LogP contribution in [-0.2, 0) is 13.1 Å². The number of nitrogen functional groups attached to an aromatic ring is 1. The lowest BCUT2D eigenvalue weighted by Gasteiger charge is -2.16. The van der Waals surface area contributed by atoms with Crippen LogP contribution in [0.3, 0.4) is 0 Å². The second-order valence-corrected chi connectivity index (χ2v) is 6.91. The third-order valence-corrected chi connectivity index (χ3v) is 4.76. The van der Waals surface area contributed by atoms with E-state index in [4.69, 9.17) is 5.73 Å². The lowest BCUT2D eigenvalue weighted by molar-refractivity contribution is 0.0750. The van der Waals surface area contributed by atoms with Crippen LogP contribution in [0, 0.1) is 3.57 Å². The molecule has 0 spiro atoms. The molecule has 102 valence electrons. The highest BCUT2D eigenvalue weighted by Gasteiger charge is 2.25. The molecule has 2 N–H and O–H groups in total. The minimum atomic E-state index is 0.0464. The van der Waals surface area contributed by atoms with E-state index in [0.717, 1.165) is 19.3 Å².